The second-order valence-electron chi connectivity index (χ2n) is 4.46. The van der Waals surface area contributed by atoms with E-state index in [2.05, 4.69) is 31.9 Å². The van der Waals surface area contributed by atoms with E-state index in [9.17, 15) is 4.79 Å². The smallest absolute Gasteiger partial charge is 0.220 e. The lowest BCUT2D eigenvalue weighted by atomic mass is 9.96. The molecule has 4 nitrogen and oxygen atoms in total. The predicted octanol–water partition coefficient (Wildman–Crippen LogP) is 1.54. The van der Waals surface area contributed by atoms with E-state index in [4.69, 9.17) is 5.73 Å². The van der Waals surface area contributed by atoms with E-state index >= 15 is 0 Å². The minimum atomic E-state index is -0.159. The van der Waals surface area contributed by atoms with E-state index < -0.39 is 0 Å². The second kappa shape index (κ2) is 5.60. The third-order valence-corrected chi connectivity index (χ3v) is 3.59. The van der Waals surface area contributed by atoms with Gasteiger partial charge in [-0.2, -0.15) is 0 Å². The first kappa shape index (κ1) is 12.5. The molecule has 2 rings (SSSR count). The first-order valence-electron chi connectivity index (χ1n) is 5.76. The van der Waals surface area contributed by atoms with Gasteiger partial charge in [0.2, 0.25) is 5.91 Å². The number of piperidine rings is 1. The first-order valence-corrected chi connectivity index (χ1v) is 6.55. The van der Waals surface area contributed by atoms with Crippen LogP contribution >= 0.6 is 15.9 Å². The van der Waals surface area contributed by atoms with Crippen molar-refractivity contribution < 1.29 is 4.79 Å². The van der Waals surface area contributed by atoms with Gasteiger partial charge in [0.15, 0.2) is 0 Å². The van der Waals surface area contributed by atoms with Crippen LogP contribution in [-0.4, -0.2) is 28.9 Å². The van der Waals surface area contributed by atoms with E-state index in [1.807, 2.05) is 6.20 Å². The maximum absolute atomic E-state index is 11.1. The number of nitrogens with zero attached hydrogens (tertiary/aromatic N) is 2. The van der Waals surface area contributed by atoms with Crippen LogP contribution in [0.2, 0.25) is 0 Å². The van der Waals surface area contributed by atoms with Crippen LogP contribution in [0, 0.1) is 5.92 Å². The number of amides is 1. The van der Waals surface area contributed by atoms with Gasteiger partial charge < -0.3 is 5.73 Å². The van der Waals surface area contributed by atoms with Crippen LogP contribution in [-0.2, 0) is 11.3 Å². The highest BCUT2D eigenvalue weighted by Crippen LogP contribution is 2.19. The molecule has 0 radical (unpaired) electrons. The molecule has 1 saturated heterocycles. The van der Waals surface area contributed by atoms with Gasteiger partial charge in [-0.15, -0.1) is 0 Å². The SMILES string of the molecule is NC(=O)C1CCN(Cc2cncc(Br)c2)CC1. The summed E-state index contributed by atoms with van der Waals surface area (Å²) < 4.78 is 1.00. The number of pyridine rings is 1. The summed E-state index contributed by atoms with van der Waals surface area (Å²) in [6.45, 7) is 2.75. The Bertz CT molecular complexity index is 402. The molecule has 1 amide bonds. The Morgan fingerprint density at radius 1 is 1.47 bits per heavy atom. The number of rotatable bonds is 3. The highest BCUT2D eigenvalue weighted by Gasteiger charge is 2.22. The van der Waals surface area contributed by atoms with E-state index in [1.165, 1.54) is 5.56 Å². The van der Waals surface area contributed by atoms with Gasteiger partial charge in [0.25, 0.3) is 0 Å². The Morgan fingerprint density at radius 3 is 2.76 bits per heavy atom. The van der Waals surface area contributed by atoms with Gasteiger partial charge in [-0.1, -0.05) is 0 Å². The van der Waals surface area contributed by atoms with Crippen molar-refractivity contribution in [2.24, 2.45) is 11.7 Å². The number of halogens is 1. The minimum Gasteiger partial charge on any atom is -0.369 e. The van der Waals surface area contributed by atoms with E-state index in [0.29, 0.717) is 0 Å². The third-order valence-electron chi connectivity index (χ3n) is 3.16. The summed E-state index contributed by atoms with van der Waals surface area (Å²) in [7, 11) is 0. The zero-order valence-electron chi connectivity index (χ0n) is 9.60. The zero-order chi connectivity index (χ0) is 12.3. The minimum absolute atomic E-state index is 0.0619. The Hall–Kier alpha value is -0.940. The lowest BCUT2D eigenvalue weighted by molar-refractivity contribution is -0.123. The average molecular weight is 298 g/mol. The number of aromatic nitrogens is 1. The summed E-state index contributed by atoms with van der Waals surface area (Å²) in [5.41, 5.74) is 6.50. The van der Waals surface area contributed by atoms with Gasteiger partial charge in [-0.3, -0.25) is 14.7 Å². The van der Waals surface area contributed by atoms with Crippen LogP contribution in [0.25, 0.3) is 0 Å². The van der Waals surface area contributed by atoms with Gasteiger partial charge in [0, 0.05) is 29.3 Å². The first-order chi connectivity index (χ1) is 8.15. The Morgan fingerprint density at radius 2 is 2.18 bits per heavy atom. The Kier molecular flexibility index (Phi) is 4.12. The van der Waals surface area contributed by atoms with Gasteiger partial charge in [-0.05, 0) is 53.5 Å². The number of carbonyl (C=O) groups excluding carboxylic acids is 1. The molecular formula is C12H16BrN3O. The number of hydrogen-bond acceptors (Lipinski definition) is 3. The summed E-state index contributed by atoms with van der Waals surface area (Å²) in [6, 6.07) is 2.08. The fraction of sp³-hybridized carbons (Fsp3) is 0.500. The van der Waals surface area contributed by atoms with E-state index in [0.717, 1.165) is 36.9 Å². The molecule has 2 heterocycles. The quantitative estimate of drug-likeness (QED) is 0.921. The lowest BCUT2D eigenvalue weighted by Gasteiger charge is -2.30. The molecule has 1 aliphatic rings. The van der Waals surface area contributed by atoms with Crippen molar-refractivity contribution in [2.75, 3.05) is 13.1 Å². The maximum atomic E-state index is 11.1. The van der Waals surface area contributed by atoms with Crippen molar-refractivity contribution in [3.05, 3.63) is 28.5 Å². The van der Waals surface area contributed by atoms with Crippen molar-refractivity contribution in [3.63, 3.8) is 0 Å². The normalized spacial score (nSPS) is 18.2. The molecule has 0 aromatic carbocycles. The number of nitrogens with two attached hydrogens (primary N) is 1. The maximum Gasteiger partial charge on any atom is 0.220 e. The van der Waals surface area contributed by atoms with Gasteiger partial charge in [0.1, 0.15) is 0 Å². The average Bonchev–Trinajstić information content (AvgIpc) is 2.29. The number of carbonyl (C=O) groups is 1. The molecule has 0 unspecified atom stereocenters. The van der Waals surface area contributed by atoms with Crippen LogP contribution in [0.1, 0.15) is 18.4 Å². The van der Waals surface area contributed by atoms with Gasteiger partial charge >= 0.3 is 0 Å². The molecule has 1 aromatic heterocycles. The van der Waals surface area contributed by atoms with Gasteiger partial charge in [-0.25, -0.2) is 0 Å². The van der Waals surface area contributed by atoms with Crippen molar-refractivity contribution in [1.82, 2.24) is 9.88 Å². The molecule has 0 spiro atoms. The predicted molar refractivity (Wildman–Crippen MR) is 69.1 cm³/mol. The van der Waals surface area contributed by atoms with Crippen LogP contribution in [0.4, 0.5) is 0 Å². The fourth-order valence-electron chi connectivity index (χ4n) is 2.18. The molecular weight excluding hydrogens is 282 g/mol. The van der Waals surface area contributed by atoms with Crippen molar-refractivity contribution in [1.29, 1.82) is 0 Å². The standard InChI is InChI=1S/C12H16BrN3O/c13-11-5-9(6-15-7-11)8-16-3-1-10(2-4-16)12(14)17/h5-7,10H,1-4,8H2,(H2,14,17). The van der Waals surface area contributed by atoms with Gasteiger partial charge in [0.05, 0.1) is 0 Å². The number of likely N-dealkylation sites (tertiary alicyclic amines) is 1. The number of hydrogen-bond donors (Lipinski definition) is 1. The topological polar surface area (TPSA) is 59.2 Å². The highest BCUT2D eigenvalue weighted by atomic mass is 79.9. The molecule has 0 bridgehead atoms. The molecule has 5 heteroatoms. The molecule has 1 aromatic rings. The highest BCUT2D eigenvalue weighted by molar-refractivity contribution is 9.10. The van der Waals surface area contributed by atoms with Crippen LogP contribution in [0.15, 0.2) is 22.9 Å². The van der Waals surface area contributed by atoms with Crippen molar-refractivity contribution in [3.8, 4) is 0 Å². The van der Waals surface area contributed by atoms with E-state index in [-0.39, 0.29) is 11.8 Å². The molecule has 2 N–H and O–H groups in total. The second-order valence-corrected chi connectivity index (χ2v) is 5.38. The summed E-state index contributed by atoms with van der Waals surface area (Å²) in [6.07, 6.45) is 5.40. The van der Waals surface area contributed by atoms with Crippen LogP contribution in [0.3, 0.4) is 0 Å². The summed E-state index contributed by atoms with van der Waals surface area (Å²) in [5, 5.41) is 0. The van der Waals surface area contributed by atoms with E-state index in [1.54, 1.807) is 6.20 Å². The third kappa shape index (κ3) is 3.51. The molecule has 1 fully saturated rings. The Labute approximate surface area is 109 Å². The summed E-state index contributed by atoms with van der Waals surface area (Å²) in [4.78, 5) is 17.5. The van der Waals surface area contributed by atoms with Crippen molar-refractivity contribution >= 4 is 21.8 Å². The summed E-state index contributed by atoms with van der Waals surface area (Å²) >= 11 is 3.41. The largest absolute Gasteiger partial charge is 0.369 e. The molecule has 17 heavy (non-hydrogen) atoms. The number of primary amides is 1. The molecule has 1 aliphatic heterocycles. The lowest BCUT2D eigenvalue weighted by Crippen LogP contribution is -2.38. The Balaban J connectivity index is 1.88. The molecule has 0 saturated carbocycles. The summed E-state index contributed by atoms with van der Waals surface area (Å²) in [5.74, 6) is -0.0966. The van der Waals surface area contributed by atoms with Crippen LogP contribution < -0.4 is 5.73 Å². The molecule has 0 atom stereocenters. The molecule has 92 valence electrons. The van der Waals surface area contributed by atoms with Crippen molar-refractivity contribution in [2.45, 2.75) is 19.4 Å². The fourth-order valence-corrected chi connectivity index (χ4v) is 2.59. The zero-order valence-corrected chi connectivity index (χ0v) is 11.2. The van der Waals surface area contributed by atoms with Crippen LogP contribution in [0.5, 0.6) is 0 Å². The molecule has 0 aliphatic carbocycles. The monoisotopic (exact) mass is 297 g/mol.